The largest absolute Gasteiger partial charge is 0.497 e. The summed E-state index contributed by atoms with van der Waals surface area (Å²) in [4.78, 5) is 20.0. The third-order valence-corrected chi connectivity index (χ3v) is 5.08. The van der Waals surface area contributed by atoms with E-state index in [1.165, 1.54) is 5.56 Å². The van der Waals surface area contributed by atoms with E-state index in [0.717, 1.165) is 29.9 Å². The lowest BCUT2D eigenvalue weighted by Crippen LogP contribution is -2.38. The summed E-state index contributed by atoms with van der Waals surface area (Å²) in [6.45, 7) is 2.01. The average molecular weight is 366 g/mol. The third-order valence-electron chi connectivity index (χ3n) is 5.08. The maximum Gasteiger partial charge on any atom is 0.267 e. The minimum Gasteiger partial charge on any atom is -0.497 e. The highest BCUT2D eigenvalue weighted by atomic mass is 16.6. The number of aryl methyl sites for hydroxylation is 1. The van der Waals surface area contributed by atoms with Gasteiger partial charge in [-0.3, -0.25) is 4.79 Å². The Bertz CT molecular complexity index is 787. The van der Waals surface area contributed by atoms with E-state index in [2.05, 4.69) is 17.3 Å². The van der Waals surface area contributed by atoms with Crippen LogP contribution < -0.4 is 4.74 Å². The SMILES string of the molecule is COc1ccc(C(C)N(C)C(=O)C2CC(CCc3ccccc3)=NO2)cc1. The highest BCUT2D eigenvalue weighted by Crippen LogP contribution is 2.24. The Morgan fingerprint density at radius 2 is 1.89 bits per heavy atom. The first kappa shape index (κ1) is 19.0. The molecule has 3 rings (SSSR count). The van der Waals surface area contributed by atoms with Crippen molar-refractivity contribution in [1.29, 1.82) is 0 Å². The van der Waals surface area contributed by atoms with Crippen LogP contribution in [-0.4, -0.2) is 36.8 Å². The Kier molecular flexibility index (Phi) is 6.12. The van der Waals surface area contributed by atoms with Gasteiger partial charge in [-0.05, 0) is 43.0 Å². The van der Waals surface area contributed by atoms with Gasteiger partial charge in [-0.15, -0.1) is 0 Å². The molecule has 0 saturated heterocycles. The van der Waals surface area contributed by atoms with Gasteiger partial charge < -0.3 is 14.5 Å². The molecule has 1 amide bonds. The minimum absolute atomic E-state index is 0.0446. The number of carbonyl (C=O) groups is 1. The summed E-state index contributed by atoms with van der Waals surface area (Å²) < 4.78 is 5.19. The lowest BCUT2D eigenvalue weighted by atomic mass is 10.0. The van der Waals surface area contributed by atoms with Crippen LogP contribution in [0, 0.1) is 0 Å². The van der Waals surface area contributed by atoms with Gasteiger partial charge in [0, 0.05) is 13.5 Å². The first-order valence-corrected chi connectivity index (χ1v) is 9.24. The molecule has 5 heteroatoms. The Morgan fingerprint density at radius 1 is 1.19 bits per heavy atom. The van der Waals surface area contributed by atoms with Crippen LogP contribution in [0.5, 0.6) is 5.75 Å². The molecule has 0 radical (unpaired) electrons. The molecule has 1 aliphatic heterocycles. The van der Waals surface area contributed by atoms with Crippen molar-refractivity contribution >= 4 is 11.6 Å². The summed E-state index contributed by atoms with van der Waals surface area (Å²) in [6.07, 6.45) is 1.75. The van der Waals surface area contributed by atoms with Gasteiger partial charge in [0.1, 0.15) is 5.75 Å². The molecule has 0 fully saturated rings. The summed E-state index contributed by atoms with van der Waals surface area (Å²) >= 11 is 0. The van der Waals surface area contributed by atoms with Gasteiger partial charge in [0.25, 0.3) is 5.91 Å². The van der Waals surface area contributed by atoms with Crippen molar-refractivity contribution in [1.82, 2.24) is 4.90 Å². The molecule has 0 spiro atoms. The number of hydrogen-bond donors (Lipinski definition) is 0. The monoisotopic (exact) mass is 366 g/mol. The summed E-state index contributed by atoms with van der Waals surface area (Å²) in [5.74, 6) is 0.757. The van der Waals surface area contributed by atoms with Crippen molar-refractivity contribution < 1.29 is 14.4 Å². The molecule has 0 saturated carbocycles. The summed E-state index contributed by atoms with van der Waals surface area (Å²) in [5.41, 5.74) is 3.26. The highest BCUT2D eigenvalue weighted by molar-refractivity contribution is 5.93. The van der Waals surface area contributed by atoms with Crippen LogP contribution in [0.2, 0.25) is 0 Å². The second-order valence-electron chi connectivity index (χ2n) is 6.84. The second kappa shape index (κ2) is 8.71. The van der Waals surface area contributed by atoms with Crippen molar-refractivity contribution in [2.45, 2.75) is 38.3 Å². The number of oxime groups is 1. The van der Waals surface area contributed by atoms with Crippen molar-refractivity contribution in [2.24, 2.45) is 5.16 Å². The Balaban J connectivity index is 1.53. The van der Waals surface area contributed by atoms with E-state index in [-0.39, 0.29) is 11.9 Å². The van der Waals surface area contributed by atoms with Gasteiger partial charge in [-0.2, -0.15) is 0 Å². The fourth-order valence-corrected chi connectivity index (χ4v) is 3.16. The molecule has 2 aromatic carbocycles. The first-order valence-electron chi connectivity index (χ1n) is 9.24. The molecule has 0 N–H and O–H groups in total. The van der Waals surface area contributed by atoms with Crippen LogP contribution >= 0.6 is 0 Å². The van der Waals surface area contributed by atoms with E-state index in [4.69, 9.17) is 9.57 Å². The molecule has 1 heterocycles. The Labute approximate surface area is 160 Å². The Morgan fingerprint density at radius 3 is 2.56 bits per heavy atom. The van der Waals surface area contributed by atoms with Crippen LogP contribution in [-0.2, 0) is 16.1 Å². The molecule has 1 aliphatic rings. The number of hydrogen-bond acceptors (Lipinski definition) is 4. The van der Waals surface area contributed by atoms with E-state index in [1.807, 2.05) is 56.4 Å². The zero-order chi connectivity index (χ0) is 19.2. The maximum atomic E-state index is 12.8. The standard InChI is InChI=1S/C22H26N2O3/c1-16(18-10-13-20(26-3)14-11-18)24(2)22(25)21-15-19(23-27-21)12-9-17-7-5-4-6-8-17/h4-8,10-11,13-14,16,21H,9,12,15H2,1-3H3. The molecule has 27 heavy (non-hydrogen) atoms. The summed E-state index contributed by atoms with van der Waals surface area (Å²) in [6, 6.07) is 18.0. The predicted octanol–water partition coefficient (Wildman–Crippen LogP) is 3.99. The molecule has 142 valence electrons. The number of rotatable bonds is 7. The molecular formula is C22H26N2O3. The number of methoxy groups -OCH3 is 1. The highest BCUT2D eigenvalue weighted by Gasteiger charge is 2.32. The predicted molar refractivity (Wildman–Crippen MR) is 106 cm³/mol. The van der Waals surface area contributed by atoms with Crippen LogP contribution in [0.1, 0.15) is 36.9 Å². The van der Waals surface area contributed by atoms with Crippen molar-refractivity contribution in [3.8, 4) is 5.75 Å². The van der Waals surface area contributed by atoms with Gasteiger partial charge >= 0.3 is 0 Å². The number of benzene rings is 2. The number of likely N-dealkylation sites (N-methyl/N-ethyl adjacent to an activating group) is 1. The van der Waals surface area contributed by atoms with Gasteiger partial charge in [-0.25, -0.2) is 0 Å². The van der Waals surface area contributed by atoms with Crippen molar-refractivity contribution in [3.05, 3.63) is 65.7 Å². The van der Waals surface area contributed by atoms with E-state index >= 15 is 0 Å². The lowest BCUT2D eigenvalue weighted by molar-refractivity contribution is -0.142. The van der Waals surface area contributed by atoms with Crippen LogP contribution in [0.25, 0.3) is 0 Å². The molecule has 0 bridgehead atoms. The molecule has 0 aromatic heterocycles. The number of amides is 1. The molecule has 2 unspecified atom stereocenters. The molecular weight excluding hydrogens is 340 g/mol. The third kappa shape index (κ3) is 4.67. The number of nitrogens with zero attached hydrogens (tertiary/aromatic N) is 2. The topological polar surface area (TPSA) is 51.1 Å². The van der Waals surface area contributed by atoms with Crippen molar-refractivity contribution in [3.63, 3.8) is 0 Å². The zero-order valence-corrected chi connectivity index (χ0v) is 16.1. The van der Waals surface area contributed by atoms with Crippen LogP contribution in [0.3, 0.4) is 0 Å². The number of carbonyl (C=O) groups excluding carboxylic acids is 1. The quantitative estimate of drug-likeness (QED) is 0.744. The fourth-order valence-electron chi connectivity index (χ4n) is 3.16. The summed E-state index contributed by atoms with van der Waals surface area (Å²) in [5, 5.41) is 4.14. The molecule has 0 aliphatic carbocycles. The average Bonchev–Trinajstić information content (AvgIpc) is 3.20. The van der Waals surface area contributed by atoms with Gasteiger partial charge in [-0.1, -0.05) is 47.6 Å². The minimum atomic E-state index is -0.526. The maximum absolute atomic E-state index is 12.8. The normalized spacial score (nSPS) is 17.0. The van der Waals surface area contributed by atoms with E-state index in [0.29, 0.717) is 6.42 Å². The van der Waals surface area contributed by atoms with Crippen LogP contribution in [0.4, 0.5) is 0 Å². The van der Waals surface area contributed by atoms with Crippen molar-refractivity contribution in [2.75, 3.05) is 14.2 Å². The van der Waals surface area contributed by atoms with E-state index in [1.54, 1.807) is 12.0 Å². The zero-order valence-electron chi connectivity index (χ0n) is 16.1. The molecule has 2 atom stereocenters. The first-order chi connectivity index (χ1) is 13.1. The van der Waals surface area contributed by atoms with E-state index < -0.39 is 6.10 Å². The number of ether oxygens (including phenoxy) is 1. The van der Waals surface area contributed by atoms with E-state index in [9.17, 15) is 4.79 Å². The van der Waals surface area contributed by atoms with Gasteiger partial charge in [0.05, 0.1) is 18.9 Å². The fraction of sp³-hybridized carbons (Fsp3) is 0.364. The van der Waals surface area contributed by atoms with Crippen LogP contribution in [0.15, 0.2) is 59.8 Å². The molecule has 5 nitrogen and oxygen atoms in total. The Hall–Kier alpha value is -2.82. The van der Waals surface area contributed by atoms with Gasteiger partial charge in [0.15, 0.2) is 0 Å². The van der Waals surface area contributed by atoms with Gasteiger partial charge in [0.2, 0.25) is 6.10 Å². The summed E-state index contributed by atoms with van der Waals surface area (Å²) in [7, 11) is 3.45. The second-order valence-corrected chi connectivity index (χ2v) is 6.84. The lowest BCUT2D eigenvalue weighted by Gasteiger charge is -2.27. The smallest absolute Gasteiger partial charge is 0.267 e. The molecule has 2 aromatic rings.